The third-order valence-corrected chi connectivity index (χ3v) is 3.06. The number of rotatable bonds is 3. The maximum atomic E-state index is 8.94. The number of piperazine rings is 1. The molecular weight excluding hydrogens is 188 g/mol. The molecule has 1 saturated heterocycles. The number of nitriles is 2. The molecule has 0 spiro atoms. The Bertz CT molecular complexity index is 267. The van der Waals surface area contributed by atoms with Gasteiger partial charge in [0, 0.05) is 26.2 Å². The third kappa shape index (κ3) is 2.92. The first-order valence-corrected chi connectivity index (χ1v) is 5.50. The molecule has 82 valence electrons. The van der Waals surface area contributed by atoms with Crippen molar-refractivity contribution in [3.8, 4) is 12.1 Å². The van der Waals surface area contributed by atoms with Crippen molar-refractivity contribution in [2.75, 3.05) is 26.2 Å². The second-order valence-corrected chi connectivity index (χ2v) is 3.93. The van der Waals surface area contributed by atoms with E-state index in [2.05, 4.69) is 21.9 Å². The Morgan fingerprint density at radius 1 is 1.07 bits per heavy atom. The van der Waals surface area contributed by atoms with Gasteiger partial charge >= 0.3 is 0 Å². The van der Waals surface area contributed by atoms with Gasteiger partial charge in [-0.3, -0.25) is 9.80 Å². The van der Waals surface area contributed by atoms with Gasteiger partial charge in [-0.2, -0.15) is 10.5 Å². The maximum absolute atomic E-state index is 8.94. The standard InChI is InChI=1S/C11H18N4/c1-3-11(9-13)15-6-4-14(5-7-15)10(2)8-12/h10-11H,3-7H2,1-2H3. The second kappa shape index (κ2) is 5.70. The maximum Gasteiger partial charge on any atom is 0.0976 e. The van der Waals surface area contributed by atoms with Gasteiger partial charge in [-0.1, -0.05) is 6.92 Å². The number of hydrogen-bond acceptors (Lipinski definition) is 4. The van der Waals surface area contributed by atoms with Crippen molar-refractivity contribution in [3.05, 3.63) is 0 Å². The summed E-state index contributed by atoms with van der Waals surface area (Å²) in [7, 11) is 0. The van der Waals surface area contributed by atoms with E-state index in [-0.39, 0.29) is 12.1 Å². The molecule has 0 amide bonds. The van der Waals surface area contributed by atoms with Gasteiger partial charge in [-0.25, -0.2) is 0 Å². The molecule has 0 saturated carbocycles. The van der Waals surface area contributed by atoms with E-state index in [1.54, 1.807) is 0 Å². The molecule has 0 aliphatic carbocycles. The van der Waals surface area contributed by atoms with E-state index in [0.29, 0.717) is 0 Å². The topological polar surface area (TPSA) is 54.1 Å². The molecule has 0 aromatic heterocycles. The first-order chi connectivity index (χ1) is 7.22. The molecule has 4 heteroatoms. The van der Waals surface area contributed by atoms with Crippen LogP contribution in [0.15, 0.2) is 0 Å². The van der Waals surface area contributed by atoms with E-state index in [1.165, 1.54) is 0 Å². The Kier molecular flexibility index (Phi) is 4.55. The van der Waals surface area contributed by atoms with Crippen LogP contribution in [0.4, 0.5) is 0 Å². The molecule has 1 fully saturated rings. The molecule has 2 unspecified atom stereocenters. The van der Waals surface area contributed by atoms with Gasteiger partial charge < -0.3 is 0 Å². The average Bonchev–Trinajstić information content (AvgIpc) is 2.30. The van der Waals surface area contributed by atoms with Crippen LogP contribution in [0.25, 0.3) is 0 Å². The van der Waals surface area contributed by atoms with Crippen molar-refractivity contribution in [2.45, 2.75) is 32.4 Å². The van der Waals surface area contributed by atoms with E-state index in [0.717, 1.165) is 32.6 Å². The van der Waals surface area contributed by atoms with Gasteiger partial charge in [0.25, 0.3) is 0 Å². The van der Waals surface area contributed by atoms with Crippen molar-refractivity contribution in [3.63, 3.8) is 0 Å². The fraction of sp³-hybridized carbons (Fsp3) is 0.818. The molecule has 0 aromatic rings. The molecule has 15 heavy (non-hydrogen) atoms. The summed E-state index contributed by atoms with van der Waals surface area (Å²) in [5.41, 5.74) is 0. The van der Waals surface area contributed by atoms with Crippen LogP contribution in [0, 0.1) is 22.7 Å². The summed E-state index contributed by atoms with van der Waals surface area (Å²) in [6.07, 6.45) is 0.879. The molecule has 0 N–H and O–H groups in total. The Hall–Kier alpha value is -1.10. The first-order valence-electron chi connectivity index (χ1n) is 5.50. The fourth-order valence-corrected chi connectivity index (χ4v) is 1.95. The summed E-state index contributed by atoms with van der Waals surface area (Å²) in [5, 5.41) is 17.7. The first kappa shape index (κ1) is 12.0. The predicted octanol–water partition coefficient (Wildman–Crippen LogP) is 0.818. The van der Waals surface area contributed by atoms with Crippen LogP contribution >= 0.6 is 0 Å². The van der Waals surface area contributed by atoms with Gasteiger partial charge in [0.2, 0.25) is 0 Å². The van der Waals surface area contributed by atoms with Crippen molar-refractivity contribution >= 4 is 0 Å². The van der Waals surface area contributed by atoms with Crippen molar-refractivity contribution in [1.82, 2.24) is 9.80 Å². The van der Waals surface area contributed by atoms with Crippen molar-refractivity contribution < 1.29 is 0 Å². The quantitative estimate of drug-likeness (QED) is 0.686. The van der Waals surface area contributed by atoms with E-state index >= 15 is 0 Å². The highest BCUT2D eigenvalue weighted by Gasteiger charge is 2.24. The molecule has 0 aromatic carbocycles. The summed E-state index contributed by atoms with van der Waals surface area (Å²) in [6, 6.07) is 4.61. The lowest BCUT2D eigenvalue weighted by Crippen LogP contribution is -2.51. The van der Waals surface area contributed by atoms with Crippen molar-refractivity contribution in [1.29, 1.82) is 10.5 Å². The van der Waals surface area contributed by atoms with Gasteiger partial charge in [0.05, 0.1) is 24.2 Å². The zero-order valence-corrected chi connectivity index (χ0v) is 9.48. The van der Waals surface area contributed by atoms with Crippen LogP contribution in [0.1, 0.15) is 20.3 Å². The molecule has 0 radical (unpaired) electrons. The SMILES string of the molecule is CCC(C#N)N1CCN(C(C)C#N)CC1. The highest BCUT2D eigenvalue weighted by Crippen LogP contribution is 2.10. The lowest BCUT2D eigenvalue weighted by atomic mass is 10.1. The summed E-state index contributed by atoms with van der Waals surface area (Å²) < 4.78 is 0. The van der Waals surface area contributed by atoms with E-state index in [9.17, 15) is 0 Å². The van der Waals surface area contributed by atoms with Gasteiger partial charge in [0.1, 0.15) is 0 Å². The number of hydrogen-bond donors (Lipinski definition) is 0. The summed E-state index contributed by atoms with van der Waals surface area (Å²) in [4.78, 5) is 4.38. The molecule has 1 heterocycles. The molecule has 1 rings (SSSR count). The van der Waals surface area contributed by atoms with E-state index in [4.69, 9.17) is 10.5 Å². The number of nitrogens with zero attached hydrogens (tertiary/aromatic N) is 4. The average molecular weight is 206 g/mol. The molecule has 1 aliphatic heterocycles. The van der Waals surface area contributed by atoms with Gasteiger partial charge in [-0.15, -0.1) is 0 Å². The molecule has 1 aliphatic rings. The third-order valence-electron chi connectivity index (χ3n) is 3.06. The minimum Gasteiger partial charge on any atom is -0.286 e. The predicted molar refractivity (Wildman–Crippen MR) is 57.9 cm³/mol. The van der Waals surface area contributed by atoms with Crippen LogP contribution in [0.3, 0.4) is 0 Å². The highest BCUT2D eigenvalue weighted by molar-refractivity contribution is 4.95. The second-order valence-electron chi connectivity index (χ2n) is 3.93. The van der Waals surface area contributed by atoms with Crippen LogP contribution in [-0.4, -0.2) is 48.1 Å². The Morgan fingerprint density at radius 2 is 1.60 bits per heavy atom. The zero-order valence-electron chi connectivity index (χ0n) is 9.48. The summed E-state index contributed by atoms with van der Waals surface area (Å²) in [5.74, 6) is 0. The minimum absolute atomic E-state index is 0.00527. The van der Waals surface area contributed by atoms with Gasteiger partial charge in [-0.05, 0) is 13.3 Å². The Balaban J connectivity index is 2.43. The van der Waals surface area contributed by atoms with E-state index in [1.807, 2.05) is 13.8 Å². The largest absolute Gasteiger partial charge is 0.286 e. The molecule has 4 nitrogen and oxygen atoms in total. The Morgan fingerprint density at radius 3 is 2.00 bits per heavy atom. The summed E-state index contributed by atoms with van der Waals surface area (Å²) in [6.45, 7) is 7.56. The lowest BCUT2D eigenvalue weighted by molar-refractivity contribution is 0.101. The van der Waals surface area contributed by atoms with E-state index < -0.39 is 0 Å². The van der Waals surface area contributed by atoms with Crippen LogP contribution in [0.2, 0.25) is 0 Å². The van der Waals surface area contributed by atoms with Crippen LogP contribution in [-0.2, 0) is 0 Å². The summed E-state index contributed by atoms with van der Waals surface area (Å²) >= 11 is 0. The van der Waals surface area contributed by atoms with Crippen LogP contribution in [0.5, 0.6) is 0 Å². The highest BCUT2D eigenvalue weighted by atomic mass is 15.3. The lowest BCUT2D eigenvalue weighted by Gasteiger charge is -2.37. The van der Waals surface area contributed by atoms with Crippen LogP contribution < -0.4 is 0 Å². The smallest absolute Gasteiger partial charge is 0.0976 e. The monoisotopic (exact) mass is 206 g/mol. The molecule has 2 atom stereocenters. The minimum atomic E-state index is -0.00527. The van der Waals surface area contributed by atoms with Crippen molar-refractivity contribution in [2.24, 2.45) is 0 Å². The Labute approximate surface area is 91.7 Å². The zero-order chi connectivity index (χ0) is 11.3. The van der Waals surface area contributed by atoms with Gasteiger partial charge in [0.15, 0.2) is 0 Å². The normalized spacial score (nSPS) is 22.7. The fourth-order valence-electron chi connectivity index (χ4n) is 1.95. The molecule has 0 bridgehead atoms. The molecular formula is C11H18N4.